The van der Waals surface area contributed by atoms with Crippen LogP contribution >= 0.6 is 15.9 Å². The Labute approximate surface area is 123 Å². The predicted molar refractivity (Wildman–Crippen MR) is 82.2 cm³/mol. The number of hydrogen-bond donors (Lipinski definition) is 1. The van der Waals surface area contributed by atoms with Crippen LogP contribution in [-0.2, 0) is 0 Å². The fourth-order valence-corrected chi connectivity index (χ4v) is 3.28. The van der Waals surface area contributed by atoms with Gasteiger partial charge in [-0.1, -0.05) is 13.8 Å². The normalized spacial score (nSPS) is 20.7. The van der Waals surface area contributed by atoms with E-state index in [1.54, 1.807) is 6.07 Å². The maximum absolute atomic E-state index is 13.2. The Morgan fingerprint density at radius 3 is 2.95 bits per heavy atom. The molecule has 1 N–H and O–H groups in total. The van der Waals surface area contributed by atoms with E-state index in [1.807, 2.05) is 6.07 Å². The summed E-state index contributed by atoms with van der Waals surface area (Å²) in [6.07, 6.45) is 2.30. The van der Waals surface area contributed by atoms with Crippen LogP contribution in [0.25, 0.3) is 0 Å². The highest BCUT2D eigenvalue weighted by Crippen LogP contribution is 2.28. The molecule has 1 saturated heterocycles. The van der Waals surface area contributed by atoms with Crippen molar-refractivity contribution in [2.45, 2.75) is 32.7 Å². The lowest BCUT2D eigenvalue weighted by atomic mass is 10.0. The molecule has 1 heterocycles. The number of nitrogens with one attached hydrogen (secondary N) is 1. The smallest absolute Gasteiger partial charge is 0.124 e. The average molecular weight is 329 g/mol. The van der Waals surface area contributed by atoms with Crippen LogP contribution < -0.4 is 10.2 Å². The summed E-state index contributed by atoms with van der Waals surface area (Å²) < 4.78 is 14.0. The van der Waals surface area contributed by atoms with E-state index in [0.29, 0.717) is 12.0 Å². The van der Waals surface area contributed by atoms with Crippen LogP contribution in [-0.4, -0.2) is 25.7 Å². The first-order chi connectivity index (χ1) is 9.06. The molecule has 1 aliphatic rings. The van der Waals surface area contributed by atoms with Crippen molar-refractivity contribution < 1.29 is 4.39 Å². The molecule has 1 atom stereocenters. The van der Waals surface area contributed by atoms with Gasteiger partial charge in [-0.05, 0) is 59.4 Å². The summed E-state index contributed by atoms with van der Waals surface area (Å²) in [4.78, 5) is 2.36. The van der Waals surface area contributed by atoms with Gasteiger partial charge in [0.25, 0.3) is 0 Å². The predicted octanol–water partition coefficient (Wildman–Crippen LogP) is 3.80. The van der Waals surface area contributed by atoms with E-state index in [4.69, 9.17) is 0 Å². The molecule has 0 saturated carbocycles. The highest BCUT2D eigenvalue weighted by molar-refractivity contribution is 9.10. The Hall–Kier alpha value is -0.610. The fourth-order valence-electron chi connectivity index (χ4n) is 2.68. The lowest BCUT2D eigenvalue weighted by Gasteiger charge is -2.28. The molecule has 1 aromatic carbocycles. The monoisotopic (exact) mass is 328 g/mol. The maximum atomic E-state index is 13.2. The van der Waals surface area contributed by atoms with Gasteiger partial charge in [-0.3, -0.25) is 0 Å². The van der Waals surface area contributed by atoms with E-state index in [2.05, 4.69) is 40.0 Å². The third-order valence-corrected chi connectivity index (χ3v) is 4.12. The van der Waals surface area contributed by atoms with Crippen LogP contribution in [0.3, 0.4) is 0 Å². The molecule has 0 radical (unpaired) electrons. The van der Waals surface area contributed by atoms with Gasteiger partial charge in [0.05, 0.1) is 5.69 Å². The average Bonchev–Trinajstić information content (AvgIpc) is 2.53. The molecule has 0 aromatic heterocycles. The molecular formula is C15H22BrFN2. The summed E-state index contributed by atoms with van der Waals surface area (Å²) in [7, 11) is 0. The van der Waals surface area contributed by atoms with E-state index in [1.165, 1.54) is 12.5 Å². The molecular weight excluding hydrogens is 307 g/mol. The zero-order valence-electron chi connectivity index (χ0n) is 11.6. The number of anilines is 1. The minimum atomic E-state index is -0.192. The van der Waals surface area contributed by atoms with E-state index >= 15 is 0 Å². The van der Waals surface area contributed by atoms with Gasteiger partial charge >= 0.3 is 0 Å². The van der Waals surface area contributed by atoms with Gasteiger partial charge < -0.3 is 10.2 Å². The summed E-state index contributed by atoms with van der Waals surface area (Å²) >= 11 is 3.48. The van der Waals surface area contributed by atoms with Crippen molar-refractivity contribution >= 4 is 21.6 Å². The Morgan fingerprint density at radius 2 is 2.26 bits per heavy atom. The summed E-state index contributed by atoms with van der Waals surface area (Å²) in [5.41, 5.74) is 1.10. The standard InChI is InChI=1S/C15H22BrFN2/c1-11(2)8-13-10-19(7-3-6-18-13)15-5-4-12(17)9-14(15)16/h4-5,9,11,13,18H,3,6-8,10H2,1-2H3. The molecule has 1 aliphatic heterocycles. The van der Waals surface area contributed by atoms with Gasteiger partial charge in [0.1, 0.15) is 5.82 Å². The SMILES string of the molecule is CC(C)CC1CN(c2ccc(F)cc2Br)CCCN1. The summed E-state index contributed by atoms with van der Waals surface area (Å²) in [6, 6.07) is 5.47. The first kappa shape index (κ1) is 14.8. The second-order valence-electron chi connectivity index (χ2n) is 5.68. The number of rotatable bonds is 3. The molecule has 0 amide bonds. The highest BCUT2D eigenvalue weighted by atomic mass is 79.9. The quantitative estimate of drug-likeness (QED) is 0.907. The van der Waals surface area contributed by atoms with Crippen molar-refractivity contribution in [3.05, 3.63) is 28.5 Å². The van der Waals surface area contributed by atoms with Crippen molar-refractivity contribution in [3.63, 3.8) is 0 Å². The Bertz CT molecular complexity index is 423. The highest BCUT2D eigenvalue weighted by Gasteiger charge is 2.20. The molecule has 2 rings (SSSR count). The molecule has 0 spiro atoms. The van der Waals surface area contributed by atoms with Gasteiger partial charge in [0.15, 0.2) is 0 Å². The summed E-state index contributed by atoms with van der Waals surface area (Å²) in [5, 5.41) is 3.61. The van der Waals surface area contributed by atoms with Crippen LogP contribution in [0, 0.1) is 11.7 Å². The van der Waals surface area contributed by atoms with Gasteiger partial charge in [-0.25, -0.2) is 4.39 Å². The fraction of sp³-hybridized carbons (Fsp3) is 0.600. The Kier molecular flexibility index (Phi) is 5.22. The largest absolute Gasteiger partial charge is 0.369 e. The van der Waals surface area contributed by atoms with Crippen LogP contribution in [0.2, 0.25) is 0 Å². The Balaban J connectivity index is 2.13. The minimum absolute atomic E-state index is 0.192. The topological polar surface area (TPSA) is 15.3 Å². The lowest BCUT2D eigenvalue weighted by Crippen LogP contribution is -2.38. The van der Waals surface area contributed by atoms with Gasteiger partial charge in [-0.15, -0.1) is 0 Å². The third kappa shape index (κ3) is 4.18. The van der Waals surface area contributed by atoms with Crippen molar-refractivity contribution in [1.82, 2.24) is 5.32 Å². The van der Waals surface area contributed by atoms with Crippen molar-refractivity contribution in [2.24, 2.45) is 5.92 Å². The van der Waals surface area contributed by atoms with Crippen molar-refractivity contribution in [3.8, 4) is 0 Å². The van der Waals surface area contributed by atoms with Crippen molar-refractivity contribution in [1.29, 1.82) is 0 Å². The molecule has 1 unspecified atom stereocenters. The summed E-state index contributed by atoms with van der Waals surface area (Å²) in [5.74, 6) is 0.497. The first-order valence-electron chi connectivity index (χ1n) is 6.99. The van der Waals surface area contributed by atoms with Gasteiger partial charge in [0.2, 0.25) is 0 Å². The molecule has 0 aliphatic carbocycles. The van der Waals surface area contributed by atoms with E-state index in [9.17, 15) is 4.39 Å². The molecule has 19 heavy (non-hydrogen) atoms. The number of halogens is 2. The third-order valence-electron chi connectivity index (χ3n) is 3.48. The number of hydrogen-bond acceptors (Lipinski definition) is 2. The van der Waals surface area contributed by atoms with Crippen LogP contribution in [0.15, 0.2) is 22.7 Å². The molecule has 2 nitrogen and oxygen atoms in total. The molecule has 106 valence electrons. The zero-order valence-corrected chi connectivity index (χ0v) is 13.2. The van der Waals surface area contributed by atoms with Crippen LogP contribution in [0.4, 0.5) is 10.1 Å². The number of benzene rings is 1. The molecule has 1 aromatic rings. The molecule has 0 bridgehead atoms. The molecule has 4 heteroatoms. The minimum Gasteiger partial charge on any atom is -0.369 e. The van der Waals surface area contributed by atoms with Crippen LogP contribution in [0.5, 0.6) is 0 Å². The molecule has 1 fully saturated rings. The second-order valence-corrected chi connectivity index (χ2v) is 6.53. The maximum Gasteiger partial charge on any atom is 0.124 e. The van der Waals surface area contributed by atoms with Gasteiger partial charge in [-0.2, -0.15) is 0 Å². The van der Waals surface area contributed by atoms with E-state index in [-0.39, 0.29) is 5.82 Å². The van der Waals surface area contributed by atoms with Crippen molar-refractivity contribution in [2.75, 3.05) is 24.5 Å². The van der Waals surface area contributed by atoms with Crippen LogP contribution in [0.1, 0.15) is 26.7 Å². The first-order valence-corrected chi connectivity index (χ1v) is 7.79. The Morgan fingerprint density at radius 1 is 1.47 bits per heavy atom. The lowest BCUT2D eigenvalue weighted by molar-refractivity contribution is 0.436. The van der Waals surface area contributed by atoms with Gasteiger partial charge in [0, 0.05) is 23.6 Å². The number of nitrogens with zero attached hydrogens (tertiary/aromatic N) is 1. The summed E-state index contributed by atoms with van der Waals surface area (Å²) in [6.45, 7) is 7.58. The van der Waals surface area contributed by atoms with E-state index < -0.39 is 0 Å². The zero-order chi connectivity index (χ0) is 13.8. The second kappa shape index (κ2) is 6.71. The van der Waals surface area contributed by atoms with E-state index in [0.717, 1.165) is 36.2 Å².